The number of piperidine rings is 1. The zero-order valence-corrected chi connectivity index (χ0v) is 16.6. The summed E-state index contributed by atoms with van der Waals surface area (Å²) in [5.74, 6) is 1.16. The highest BCUT2D eigenvalue weighted by molar-refractivity contribution is 7.90. The molecule has 0 spiro atoms. The number of rotatable bonds is 3. The van der Waals surface area contributed by atoms with Crippen LogP contribution in [0.5, 0.6) is 0 Å². The molecule has 0 saturated carbocycles. The van der Waals surface area contributed by atoms with Gasteiger partial charge < -0.3 is 4.90 Å². The van der Waals surface area contributed by atoms with Crippen LogP contribution in [0.2, 0.25) is 0 Å². The summed E-state index contributed by atoms with van der Waals surface area (Å²) in [6.07, 6.45) is 1.12. The second kappa shape index (κ2) is 7.02. The highest BCUT2D eigenvalue weighted by Gasteiger charge is 2.35. The van der Waals surface area contributed by atoms with Crippen LogP contribution in [0.4, 0.5) is 0 Å². The number of nitrogens with one attached hydrogen (secondary N) is 1. The lowest BCUT2D eigenvalue weighted by Gasteiger charge is -2.37. The smallest absolute Gasteiger partial charge is 0.263 e. The first-order valence-corrected chi connectivity index (χ1v) is 10.7. The van der Waals surface area contributed by atoms with Crippen molar-refractivity contribution in [1.82, 2.24) is 9.62 Å². The summed E-state index contributed by atoms with van der Waals surface area (Å²) in [4.78, 5) is 19.8. The van der Waals surface area contributed by atoms with E-state index in [0.29, 0.717) is 17.4 Å². The lowest BCUT2D eigenvalue weighted by Crippen LogP contribution is -2.48. The lowest BCUT2D eigenvalue weighted by molar-refractivity contribution is -0.136. The molecular weight excluding hydrogens is 350 g/mol. The highest BCUT2D eigenvalue weighted by atomic mass is 32.2. The Kier molecular flexibility index (Phi) is 5.10. The molecule has 1 aromatic rings. The highest BCUT2D eigenvalue weighted by Crippen LogP contribution is 2.26. The number of hydrogen-bond donors (Lipinski definition) is 1. The molecule has 26 heavy (non-hydrogen) atoms. The molecule has 1 fully saturated rings. The normalized spacial score (nSPS) is 27.3. The van der Waals surface area contributed by atoms with Crippen molar-refractivity contribution in [2.45, 2.75) is 45.1 Å². The van der Waals surface area contributed by atoms with Gasteiger partial charge in [0.1, 0.15) is 11.9 Å². The fraction of sp³-hybridized carbons (Fsp3) is 0.579. The van der Waals surface area contributed by atoms with E-state index >= 15 is 0 Å². The molecule has 7 heteroatoms. The average Bonchev–Trinajstić information content (AvgIpc) is 2.82. The first-order chi connectivity index (χ1) is 12.2. The van der Waals surface area contributed by atoms with E-state index < -0.39 is 16.1 Å². The van der Waals surface area contributed by atoms with Gasteiger partial charge in [-0.15, -0.1) is 0 Å². The maximum atomic E-state index is 13.1. The number of likely N-dealkylation sites (tertiary alicyclic amines) is 1. The molecule has 142 valence electrons. The van der Waals surface area contributed by atoms with Gasteiger partial charge in [-0.05, 0) is 36.3 Å². The van der Waals surface area contributed by atoms with E-state index in [1.54, 1.807) is 24.3 Å². The monoisotopic (exact) mass is 377 g/mol. The van der Waals surface area contributed by atoms with Crippen molar-refractivity contribution in [1.29, 1.82) is 0 Å². The van der Waals surface area contributed by atoms with Gasteiger partial charge in [0, 0.05) is 18.7 Å². The molecule has 1 aromatic carbocycles. The largest absolute Gasteiger partial charge is 0.340 e. The molecule has 1 saturated heterocycles. The van der Waals surface area contributed by atoms with Gasteiger partial charge in [0.05, 0.1) is 4.90 Å². The van der Waals surface area contributed by atoms with Crippen LogP contribution in [0.15, 0.2) is 34.2 Å². The molecule has 2 aliphatic heterocycles. The van der Waals surface area contributed by atoms with Gasteiger partial charge in [0.15, 0.2) is 0 Å². The van der Waals surface area contributed by atoms with Crippen molar-refractivity contribution in [3.05, 3.63) is 29.8 Å². The van der Waals surface area contributed by atoms with Gasteiger partial charge in [-0.1, -0.05) is 39.8 Å². The van der Waals surface area contributed by atoms with Crippen LogP contribution in [0, 0.1) is 17.8 Å². The fourth-order valence-corrected chi connectivity index (χ4v) is 5.13. The third-order valence-electron chi connectivity index (χ3n) is 5.00. The molecular formula is C19H27N3O3S. The van der Waals surface area contributed by atoms with Gasteiger partial charge >= 0.3 is 0 Å². The van der Waals surface area contributed by atoms with Gasteiger partial charge in [-0.25, -0.2) is 8.42 Å². The topological polar surface area (TPSA) is 78.8 Å². The number of hydrogen-bond acceptors (Lipinski definition) is 4. The van der Waals surface area contributed by atoms with Crippen LogP contribution in [0.1, 0.15) is 39.7 Å². The lowest BCUT2D eigenvalue weighted by atomic mass is 9.90. The van der Waals surface area contributed by atoms with Gasteiger partial charge in [0.25, 0.3) is 10.0 Å². The van der Waals surface area contributed by atoms with E-state index in [2.05, 4.69) is 23.6 Å². The van der Waals surface area contributed by atoms with E-state index in [9.17, 15) is 13.2 Å². The van der Waals surface area contributed by atoms with E-state index in [0.717, 1.165) is 19.5 Å². The number of sulfonamides is 1. The van der Waals surface area contributed by atoms with Crippen LogP contribution in [0.25, 0.3) is 0 Å². The molecule has 0 aliphatic carbocycles. The minimum Gasteiger partial charge on any atom is -0.340 e. The van der Waals surface area contributed by atoms with Crippen LogP contribution >= 0.6 is 0 Å². The molecule has 3 rings (SSSR count). The first kappa shape index (κ1) is 18.9. The molecule has 1 amide bonds. The van der Waals surface area contributed by atoms with Crippen LogP contribution < -0.4 is 4.72 Å². The molecule has 0 radical (unpaired) electrons. The van der Waals surface area contributed by atoms with Crippen molar-refractivity contribution in [3.8, 4) is 0 Å². The summed E-state index contributed by atoms with van der Waals surface area (Å²) in [6.45, 7) is 9.68. The first-order valence-electron chi connectivity index (χ1n) is 9.18. The number of nitrogens with zero attached hydrogens (tertiary/aromatic N) is 2. The second-order valence-electron chi connectivity index (χ2n) is 7.96. The van der Waals surface area contributed by atoms with E-state index in [-0.39, 0.29) is 22.6 Å². The molecule has 0 bridgehead atoms. The van der Waals surface area contributed by atoms with Crippen LogP contribution in [-0.2, 0) is 14.8 Å². The Hall–Kier alpha value is -1.89. The number of amidine groups is 1. The zero-order chi connectivity index (χ0) is 19.1. The Morgan fingerprint density at radius 3 is 2.42 bits per heavy atom. The number of carbonyl (C=O) groups is 1. The molecule has 6 nitrogen and oxygen atoms in total. The Balaban J connectivity index is 1.92. The van der Waals surface area contributed by atoms with Crippen molar-refractivity contribution in [2.24, 2.45) is 22.7 Å². The molecule has 2 aliphatic rings. The Morgan fingerprint density at radius 1 is 1.19 bits per heavy atom. The average molecular weight is 378 g/mol. The van der Waals surface area contributed by atoms with Gasteiger partial charge in [-0.2, -0.15) is 0 Å². The van der Waals surface area contributed by atoms with Crippen LogP contribution in [0.3, 0.4) is 0 Å². The minimum absolute atomic E-state index is 0.0190. The Morgan fingerprint density at radius 2 is 1.81 bits per heavy atom. The molecule has 3 atom stereocenters. The van der Waals surface area contributed by atoms with E-state index in [4.69, 9.17) is 0 Å². The SMILES string of the molecule is CC1CC(C)CN(C(=O)C(N=C2NS(=O)(=O)c3ccccc32)C(C)C)C1. The van der Waals surface area contributed by atoms with Gasteiger partial charge in [-0.3, -0.25) is 14.5 Å². The van der Waals surface area contributed by atoms with Crippen molar-refractivity contribution >= 4 is 21.8 Å². The summed E-state index contributed by atoms with van der Waals surface area (Å²) in [6, 6.07) is 6.13. The van der Waals surface area contributed by atoms with E-state index in [1.165, 1.54) is 0 Å². The molecule has 1 N–H and O–H groups in total. The summed E-state index contributed by atoms with van der Waals surface area (Å²) in [5.41, 5.74) is 0.534. The quantitative estimate of drug-likeness (QED) is 0.877. The predicted molar refractivity (Wildman–Crippen MR) is 101 cm³/mol. The maximum Gasteiger partial charge on any atom is 0.263 e. The number of fused-ring (bicyclic) bond motifs is 1. The summed E-state index contributed by atoms with van der Waals surface area (Å²) in [5, 5.41) is 0. The van der Waals surface area contributed by atoms with Crippen LogP contribution in [-0.4, -0.2) is 44.2 Å². The van der Waals surface area contributed by atoms with Crippen molar-refractivity contribution < 1.29 is 13.2 Å². The summed E-state index contributed by atoms with van der Waals surface area (Å²) >= 11 is 0. The molecule has 3 unspecified atom stereocenters. The second-order valence-corrected chi connectivity index (χ2v) is 9.61. The fourth-order valence-electron chi connectivity index (χ4n) is 3.89. The third-order valence-corrected chi connectivity index (χ3v) is 6.39. The summed E-state index contributed by atoms with van der Waals surface area (Å²) in [7, 11) is -3.60. The zero-order valence-electron chi connectivity index (χ0n) is 15.8. The maximum absolute atomic E-state index is 13.1. The Labute approximate surface area is 155 Å². The minimum atomic E-state index is -3.60. The predicted octanol–water partition coefficient (Wildman–Crippen LogP) is 2.25. The molecule has 2 heterocycles. The number of carbonyl (C=O) groups excluding carboxylic acids is 1. The number of amides is 1. The number of aliphatic imine (C=N–C) groups is 1. The van der Waals surface area contributed by atoms with Gasteiger partial charge in [0.2, 0.25) is 5.91 Å². The Bertz CT molecular complexity index is 822. The summed E-state index contributed by atoms with van der Waals surface area (Å²) < 4.78 is 27.1. The van der Waals surface area contributed by atoms with Crippen molar-refractivity contribution in [3.63, 3.8) is 0 Å². The number of benzene rings is 1. The third kappa shape index (κ3) is 3.63. The van der Waals surface area contributed by atoms with Crippen molar-refractivity contribution in [2.75, 3.05) is 13.1 Å². The standard InChI is InChI=1S/C19H27N3O3S/c1-12(2)17(19(23)22-10-13(3)9-14(4)11-22)20-18-15-7-5-6-8-16(15)26(24,25)21-18/h5-8,12-14,17H,9-11H2,1-4H3,(H,20,21). The molecule has 0 aromatic heterocycles. The van der Waals surface area contributed by atoms with E-state index in [1.807, 2.05) is 18.7 Å².